The molecule has 2 N–H and O–H groups in total. The molecule has 192 valence electrons. The van der Waals surface area contributed by atoms with Crippen LogP contribution in [0.4, 0.5) is 10.6 Å². The second kappa shape index (κ2) is 10.5. The number of pyridine rings is 2. The van der Waals surface area contributed by atoms with Crippen molar-refractivity contribution in [1.82, 2.24) is 30.0 Å². The maximum absolute atomic E-state index is 12.3. The number of sulfone groups is 1. The number of anilines is 1. The number of nitrogens with zero attached hydrogens (tertiary/aromatic N) is 5. The van der Waals surface area contributed by atoms with Gasteiger partial charge in [-0.05, 0) is 57.0 Å². The summed E-state index contributed by atoms with van der Waals surface area (Å²) in [5.41, 5.74) is 3.31. The van der Waals surface area contributed by atoms with Gasteiger partial charge in [0, 0.05) is 42.4 Å². The number of likely N-dealkylation sites (tertiary alicyclic amines) is 1. The van der Waals surface area contributed by atoms with Gasteiger partial charge >= 0.3 is 6.03 Å². The number of hydrogen-bond acceptors (Lipinski definition) is 7. The van der Waals surface area contributed by atoms with Gasteiger partial charge in [-0.25, -0.2) is 18.2 Å². The zero-order chi connectivity index (χ0) is 25.1. The van der Waals surface area contributed by atoms with E-state index in [1.807, 2.05) is 29.2 Å². The highest BCUT2D eigenvalue weighted by atomic mass is 32.2. The van der Waals surface area contributed by atoms with Crippen LogP contribution in [0.2, 0.25) is 0 Å². The fourth-order valence-corrected chi connectivity index (χ4v) is 6.15. The van der Waals surface area contributed by atoms with Crippen molar-refractivity contribution < 1.29 is 13.2 Å². The lowest BCUT2D eigenvalue weighted by molar-refractivity contribution is 0.219. The minimum atomic E-state index is -2.95. The van der Waals surface area contributed by atoms with Crippen LogP contribution in [0.15, 0.2) is 36.8 Å². The minimum absolute atomic E-state index is 0.212. The third kappa shape index (κ3) is 6.01. The van der Waals surface area contributed by atoms with Gasteiger partial charge in [0.15, 0.2) is 0 Å². The number of nitrogens with one attached hydrogen (secondary N) is 2. The Balaban J connectivity index is 1.19. The molecule has 36 heavy (non-hydrogen) atoms. The number of fused-ring (bicyclic) bond motifs is 1. The van der Waals surface area contributed by atoms with Crippen LogP contribution in [0.3, 0.4) is 0 Å². The van der Waals surface area contributed by atoms with Crippen molar-refractivity contribution in [3.8, 4) is 11.1 Å². The van der Waals surface area contributed by atoms with Crippen LogP contribution in [-0.4, -0.2) is 76.3 Å². The van der Waals surface area contributed by atoms with E-state index in [0.717, 1.165) is 68.5 Å². The third-order valence-electron chi connectivity index (χ3n) is 7.22. The Morgan fingerprint density at radius 2 is 1.81 bits per heavy atom. The summed E-state index contributed by atoms with van der Waals surface area (Å²) in [6, 6.07) is 5.60. The van der Waals surface area contributed by atoms with E-state index in [1.54, 1.807) is 12.3 Å². The van der Waals surface area contributed by atoms with Gasteiger partial charge < -0.3 is 10.2 Å². The average molecular weight is 512 g/mol. The number of rotatable bonds is 7. The number of carbonyl (C=O) groups is 1. The van der Waals surface area contributed by atoms with E-state index < -0.39 is 9.84 Å². The number of amides is 2. The molecule has 2 aliphatic rings. The second-order valence-corrected chi connectivity index (χ2v) is 12.2. The maximum atomic E-state index is 12.3. The van der Waals surface area contributed by atoms with Crippen LogP contribution in [0.5, 0.6) is 0 Å². The van der Waals surface area contributed by atoms with Crippen LogP contribution in [0, 0.1) is 0 Å². The van der Waals surface area contributed by atoms with E-state index in [1.165, 1.54) is 6.26 Å². The Labute approximate surface area is 211 Å². The topological polar surface area (TPSA) is 122 Å². The Bertz CT molecular complexity index is 1330. The lowest BCUT2D eigenvalue weighted by atomic mass is 10.1. The second-order valence-electron chi connectivity index (χ2n) is 9.90. The summed E-state index contributed by atoms with van der Waals surface area (Å²) in [5.74, 6) is 0.493. The van der Waals surface area contributed by atoms with Gasteiger partial charge in [0.25, 0.3) is 0 Å². The van der Waals surface area contributed by atoms with E-state index in [9.17, 15) is 13.2 Å². The Morgan fingerprint density at radius 1 is 1.03 bits per heavy atom. The van der Waals surface area contributed by atoms with Crippen LogP contribution in [-0.2, 0) is 16.4 Å². The molecule has 1 saturated heterocycles. The molecule has 1 aliphatic heterocycles. The predicted molar refractivity (Wildman–Crippen MR) is 139 cm³/mol. The number of hydrogen-bond donors (Lipinski definition) is 2. The normalized spacial score (nSPS) is 18.0. The van der Waals surface area contributed by atoms with Crippen molar-refractivity contribution in [2.75, 3.05) is 31.2 Å². The summed E-state index contributed by atoms with van der Waals surface area (Å²) < 4.78 is 25.4. The molecule has 0 radical (unpaired) electrons. The molecule has 0 aromatic carbocycles. The van der Waals surface area contributed by atoms with Crippen molar-refractivity contribution in [1.29, 1.82) is 0 Å². The van der Waals surface area contributed by atoms with Crippen LogP contribution < -0.4 is 10.6 Å². The molecular weight excluding hydrogens is 478 g/mol. The lowest BCUT2D eigenvalue weighted by Gasteiger charge is -2.30. The van der Waals surface area contributed by atoms with Crippen LogP contribution in [0.1, 0.15) is 38.5 Å². The van der Waals surface area contributed by atoms with E-state index >= 15 is 0 Å². The van der Waals surface area contributed by atoms with Gasteiger partial charge in [0.05, 0.1) is 29.0 Å². The van der Waals surface area contributed by atoms with Crippen molar-refractivity contribution in [2.45, 2.75) is 56.4 Å². The Hall–Kier alpha value is -3.05. The first-order chi connectivity index (χ1) is 17.3. The fourth-order valence-electron chi connectivity index (χ4n) is 5.08. The number of aromatic nitrogens is 4. The number of carbonyl (C=O) groups excluding carboxylic acids is 1. The van der Waals surface area contributed by atoms with Crippen LogP contribution in [0.25, 0.3) is 22.2 Å². The molecule has 2 amide bonds. The smallest absolute Gasteiger partial charge is 0.320 e. The zero-order valence-corrected chi connectivity index (χ0v) is 21.4. The highest BCUT2D eigenvalue weighted by Crippen LogP contribution is 2.23. The fraction of sp³-hybridized carbons (Fsp3) is 0.520. The van der Waals surface area contributed by atoms with E-state index in [-0.39, 0.29) is 17.3 Å². The van der Waals surface area contributed by atoms with E-state index in [2.05, 4.69) is 30.6 Å². The van der Waals surface area contributed by atoms with Crippen molar-refractivity contribution in [2.24, 2.45) is 0 Å². The van der Waals surface area contributed by atoms with Gasteiger partial charge in [0.1, 0.15) is 15.7 Å². The monoisotopic (exact) mass is 511 g/mol. The van der Waals surface area contributed by atoms with Gasteiger partial charge in [0.2, 0.25) is 0 Å². The third-order valence-corrected chi connectivity index (χ3v) is 8.90. The zero-order valence-electron chi connectivity index (χ0n) is 20.6. The summed E-state index contributed by atoms with van der Waals surface area (Å²) in [6.07, 6.45) is 12.7. The predicted octanol–water partition coefficient (Wildman–Crippen LogP) is 3.07. The molecule has 11 heteroatoms. The first-order valence-corrected chi connectivity index (χ1v) is 14.6. The summed E-state index contributed by atoms with van der Waals surface area (Å²) in [6.45, 7) is 3.14. The summed E-state index contributed by atoms with van der Waals surface area (Å²) in [4.78, 5) is 23.7. The molecule has 5 rings (SSSR count). The Kier molecular flexibility index (Phi) is 7.20. The molecule has 3 aromatic heterocycles. The van der Waals surface area contributed by atoms with Crippen LogP contribution >= 0.6 is 0 Å². The lowest BCUT2D eigenvalue weighted by Crippen LogP contribution is -2.40. The quantitative estimate of drug-likeness (QED) is 0.500. The molecule has 10 nitrogen and oxygen atoms in total. The molecule has 1 aliphatic carbocycles. The first kappa shape index (κ1) is 24.6. The van der Waals surface area contributed by atoms with Gasteiger partial charge in [-0.2, -0.15) is 5.10 Å². The molecule has 0 unspecified atom stereocenters. The van der Waals surface area contributed by atoms with Gasteiger partial charge in [-0.3, -0.25) is 15.0 Å². The summed E-state index contributed by atoms with van der Waals surface area (Å²) in [7, 11) is -2.95. The minimum Gasteiger partial charge on any atom is -0.335 e. The molecule has 0 spiro atoms. The molecule has 2 fully saturated rings. The molecule has 3 aromatic rings. The Morgan fingerprint density at radius 3 is 2.56 bits per heavy atom. The number of urea groups is 1. The van der Waals surface area contributed by atoms with Crippen molar-refractivity contribution in [3.05, 3.63) is 36.8 Å². The van der Waals surface area contributed by atoms with Gasteiger partial charge in [-0.1, -0.05) is 12.8 Å². The van der Waals surface area contributed by atoms with E-state index in [4.69, 9.17) is 0 Å². The van der Waals surface area contributed by atoms with Crippen molar-refractivity contribution >= 4 is 32.7 Å². The highest BCUT2D eigenvalue weighted by molar-refractivity contribution is 7.91. The largest absolute Gasteiger partial charge is 0.335 e. The van der Waals surface area contributed by atoms with Gasteiger partial charge in [-0.15, -0.1) is 0 Å². The average Bonchev–Trinajstić information content (AvgIpc) is 3.54. The maximum Gasteiger partial charge on any atom is 0.320 e. The molecule has 1 saturated carbocycles. The first-order valence-electron chi connectivity index (χ1n) is 12.6. The van der Waals surface area contributed by atoms with Crippen molar-refractivity contribution in [3.63, 3.8) is 0 Å². The summed E-state index contributed by atoms with van der Waals surface area (Å²) >= 11 is 0. The molecular formula is C25H33N7O3S. The number of piperidine rings is 1. The molecule has 0 bridgehead atoms. The molecule has 4 heterocycles. The van der Waals surface area contributed by atoms with E-state index in [0.29, 0.717) is 24.2 Å². The highest BCUT2D eigenvalue weighted by Gasteiger charge is 2.26. The standard InChI is InChI=1S/C25H33N7O3S/c1-36(34,35)21-8-10-31(11-9-21)12-13-32-17-19(16-27-32)18-14-23-22(26-15-18)6-7-24(29-23)30-25(33)28-20-4-2-3-5-20/h6-7,14-17,20-21H,2-5,8-13H2,1H3,(H2,28,29,30,33). The summed E-state index contributed by atoms with van der Waals surface area (Å²) in [5, 5.41) is 10.1. The molecule has 0 atom stereocenters. The SMILES string of the molecule is CS(=O)(=O)C1CCN(CCn2cc(-c3cnc4ccc(NC(=O)NC5CCCC5)nc4c3)cn2)CC1.